The van der Waals surface area contributed by atoms with E-state index in [0.717, 1.165) is 23.6 Å². The monoisotopic (exact) mass is 275 g/mol. The molecule has 2 rings (SSSR count). The number of nitrogens with zero attached hydrogens (tertiary/aromatic N) is 2. The van der Waals surface area contributed by atoms with Crippen LogP contribution in [0.3, 0.4) is 0 Å². The molecule has 0 bridgehead atoms. The number of ether oxygens (including phenoxy) is 2. The van der Waals surface area contributed by atoms with E-state index in [0.29, 0.717) is 24.1 Å². The van der Waals surface area contributed by atoms with E-state index in [4.69, 9.17) is 9.47 Å². The van der Waals surface area contributed by atoms with Crippen molar-refractivity contribution in [1.29, 1.82) is 0 Å². The maximum absolute atomic E-state index is 5.50. The molecule has 108 valence electrons. The van der Waals surface area contributed by atoms with Crippen LogP contribution in [0.25, 0.3) is 11.4 Å². The standard InChI is InChI=1S/C15H21N3O2/c1-5-20-12-7-6-11(9-13(12)19-4)15-16-14(17-18-15)8-10(2)3/h6-7,9-10H,5,8H2,1-4H3,(H,16,17,18). The largest absolute Gasteiger partial charge is 0.493 e. The van der Waals surface area contributed by atoms with Gasteiger partial charge < -0.3 is 9.47 Å². The van der Waals surface area contributed by atoms with Crippen molar-refractivity contribution in [2.24, 2.45) is 5.92 Å². The molecule has 0 saturated heterocycles. The van der Waals surface area contributed by atoms with Gasteiger partial charge in [0.1, 0.15) is 5.82 Å². The van der Waals surface area contributed by atoms with Crippen LogP contribution in [0.15, 0.2) is 18.2 Å². The summed E-state index contributed by atoms with van der Waals surface area (Å²) >= 11 is 0. The summed E-state index contributed by atoms with van der Waals surface area (Å²) in [6.07, 6.45) is 0.890. The van der Waals surface area contributed by atoms with Crippen LogP contribution in [-0.2, 0) is 6.42 Å². The number of hydrogen-bond acceptors (Lipinski definition) is 4. The number of rotatable bonds is 6. The predicted molar refractivity (Wildman–Crippen MR) is 78.1 cm³/mol. The molecule has 0 aliphatic heterocycles. The number of H-pyrrole nitrogens is 1. The van der Waals surface area contributed by atoms with E-state index in [-0.39, 0.29) is 0 Å². The van der Waals surface area contributed by atoms with Crippen molar-refractivity contribution in [3.63, 3.8) is 0 Å². The second kappa shape index (κ2) is 6.41. The van der Waals surface area contributed by atoms with Gasteiger partial charge in [0.15, 0.2) is 17.3 Å². The zero-order chi connectivity index (χ0) is 14.5. The van der Waals surface area contributed by atoms with Gasteiger partial charge in [-0.05, 0) is 31.0 Å². The van der Waals surface area contributed by atoms with E-state index in [1.165, 1.54) is 0 Å². The smallest absolute Gasteiger partial charge is 0.181 e. The summed E-state index contributed by atoms with van der Waals surface area (Å²) in [7, 11) is 1.63. The van der Waals surface area contributed by atoms with Crippen LogP contribution in [0, 0.1) is 5.92 Å². The lowest BCUT2D eigenvalue weighted by Crippen LogP contribution is -1.96. The molecular formula is C15H21N3O2. The molecule has 5 heteroatoms. The number of aromatic nitrogens is 3. The van der Waals surface area contributed by atoms with Crippen LogP contribution in [-0.4, -0.2) is 28.9 Å². The van der Waals surface area contributed by atoms with E-state index in [2.05, 4.69) is 29.0 Å². The minimum Gasteiger partial charge on any atom is -0.493 e. The zero-order valence-electron chi connectivity index (χ0n) is 12.4. The summed E-state index contributed by atoms with van der Waals surface area (Å²) in [6, 6.07) is 5.72. The number of hydrogen-bond donors (Lipinski definition) is 1. The zero-order valence-corrected chi connectivity index (χ0v) is 12.4. The predicted octanol–water partition coefficient (Wildman–Crippen LogP) is 3.08. The van der Waals surface area contributed by atoms with E-state index < -0.39 is 0 Å². The van der Waals surface area contributed by atoms with E-state index in [1.54, 1.807) is 7.11 Å². The van der Waals surface area contributed by atoms with Crippen molar-refractivity contribution in [3.05, 3.63) is 24.0 Å². The number of methoxy groups -OCH3 is 1. The molecule has 0 fully saturated rings. The van der Waals surface area contributed by atoms with Crippen LogP contribution in [0.2, 0.25) is 0 Å². The molecule has 1 aromatic heterocycles. The van der Waals surface area contributed by atoms with Crippen LogP contribution >= 0.6 is 0 Å². The Morgan fingerprint density at radius 1 is 1.25 bits per heavy atom. The summed E-state index contributed by atoms with van der Waals surface area (Å²) in [5.41, 5.74) is 0.913. The van der Waals surface area contributed by atoms with Crippen molar-refractivity contribution in [3.8, 4) is 22.9 Å². The van der Waals surface area contributed by atoms with Crippen molar-refractivity contribution in [2.75, 3.05) is 13.7 Å². The van der Waals surface area contributed by atoms with E-state index in [1.807, 2.05) is 25.1 Å². The second-order valence-electron chi connectivity index (χ2n) is 5.00. The van der Waals surface area contributed by atoms with Crippen molar-refractivity contribution in [1.82, 2.24) is 15.2 Å². The quantitative estimate of drug-likeness (QED) is 0.880. The van der Waals surface area contributed by atoms with Gasteiger partial charge in [-0.2, -0.15) is 5.10 Å². The van der Waals surface area contributed by atoms with Gasteiger partial charge in [-0.1, -0.05) is 13.8 Å². The molecule has 0 aliphatic rings. The Kier molecular flexibility index (Phi) is 4.61. The third kappa shape index (κ3) is 3.29. The van der Waals surface area contributed by atoms with Gasteiger partial charge in [-0.25, -0.2) is 4.98 Å². The summed E-state index contributed by atoms with van der Waals surface area (Å²) in [6.45, 7) is 6.86. The minimum atomic E-state index is 0.547. The SMILES string of the molecule is CCOc1ccc(-c2n[nH]c(CC(C)C)n2)cc1OC. The van der Waals surface area contributed by atoms with Gasteiger partial charge in [0.2, 0.25) is 0 Å². The highest BCUT2D eigenvalue weighted by Crippen LogP contribution is 2.31. The normalized spacial score (nSPS) is 10.8. The molecule has 0 spiro atoms. The van der Waals surface area contributed by atoms with E-state index >= 15 is 0 Å². The Hall–Kier alpha value is -2.04. The third-order valence-electron chi connectivity index (χ3n) is 2.85. The maximum atomic E-state index is 5.50. The molecule has 0 unspecified atom stereocenters. The molecule has 2 aromatic rings. The topological polar surface area (TPSA) is 60.0 Å². The van der Waals surface area contributed by atoms with Gasteiger partial charge in [0.25, 0.3) is 0 Å². The van der Waals surface area contributed by atoms with Crippen LogP contribution in [0.1, 0.15) is 26.6 Å². The van der Waals surface area contributed by atoms with Crippen molar-refractivity contribution < 1.29 is 9.47 Å². The molecule has 0 aliphatic carbocycles. The van der Waals surface area contributed by atoms with Gasteiger partial charge in [0.05, 0.1) is 13.7 Å². The lowest BCUT2D eigenvalue weighted by atomic mass is 10.1. The number of nitrogens with one attached hydrogen (secondary N) is 1. The average molecular weight is 275 g/mol. The van der Waals surface area contributed by atoms with Crippen LogP contribution in [0.5, 0.6) is 11.5 Å². The molecule has 5 nitrogen and oxygen atoms in total. The maximum Gasteiger partial charge on any atom is 0.181 e. The lowest BCUT2D eigenvalue weighted by molar-refractivity contribution is 0.311. The van der Waals surface area contributed by atoms with Crippen molar-refractivity contribution >= 4 is 0 Å². The molecule has 0 atom stereocenters. The van der Waals surface area contributed by atoms with E-state index in [9.17, 15) is 0 Å². The molecule has 1 aromatic carbocycles. The highest BCUT2D eigenvalue weighted by atomic mass is 16.5. The molecule has 0 radical (unpaired) electrons. The first-order valence-corrected chi connectivity index (χ1v) is 6.86. The fraction of sp³-hybridized carbons (Fsp3) is 0.467. The Bertz CT molecular complexity index is 564. The number of benzene rings is 1. The highest BCUT2D eigenvalue weighted by molar-refractivity contribution is 5.60. The Morgan fingerprint density at radius 3 is 2.70 bits per heavy atom. The van der Waals surface area contributed by atoms with Crippen LogP contribution < -0.4 is 9.47 Å². The van der Waals surface area contributed by atoms with Gasteiger partial charge in [-0.3, -0.25) is 5.10 Å². The Morgan fingerprint density at radius 2 is 2.05 bits per heavy atom. The van der Waals surface area contributed by atoms with Gasteiger partial charge in [0, 0.05) is 12.0 Å². The minimum absolute atomic E-state index is 0.547. The Balaban J connectivity index is 2.26. The average Bonchev–Trinajstić information content (AvgIpc) is 2.87. The Labute approximate surface area is 119 Å². The highest BCUT2D eigenvalue weighted by Gasteiger charge is 2.11. The van der Waals surface area contributed by atoms with Gasteiger partial charge >= 0.3 is 0 Å². The fourth-order valence-corrected chi connectivity index (χ4v) is 1.98. The molecule has 0 amide bonds. The van der Waals surface area contributed by atoms with Gasteiger partial charge in [-0.15, -0.1) is 0 Å². The van der Waals surface area contributed by atoms with Crippen molar-refractivity contribution in [2.45, 2.75) is 27.2 Å². The summed E-state index contributed by atoms with van der Waals surface area (Å²) in [5.74, 6) is 3.56. The molecule has 20 heavy (non-hydrogen) atoms. The second-order valence-corrected chi connectivity index (χ2v) is 5.00. The first kappa shape index (κ1) is 14.4. The first-order valence-electron chi connectivity index (χ1n) is 6.86. The fourth-order valence-electron chi connectivity index (χ4n) is 1.98. The number of aromatic amines is 1. The van der Waals surface area contributed by atoms with Crippen LogP contribution in [0.4, 0.5) is 0 Å². The molecule has 0 saturated carbocycles. The summed E-state index contributed by atoms with van der Waals surface area (Å²) < 4.78 is 10.8. The first-order chi connectivity index (χ1) is 9.63. The third-order valence-corrected chi connectivity index (χ3v) is 2.85. The molecule has 1 heterocycles. The summed E-state index contributed by atoms with van der Waals surface area (Å²) in [5, 5.41) is 7.24. The molecular weight excluding hydrogens is 254 g/mol. The lowest BCUT2D eigenvalue weighted by Gasteiger charge is -2.09. The molecule has 1 N–H and O–H groups in total. The summed E-state index contributed by atoms with van der Waals surface area (Å²) in [4.78, 5) is 4.51.